The van der Waals surface area contributed by atoms with E-state index < -0.39 is 0 Å². The highest BCUT2D eigenvalue weighted by molar-refractivity contribution is 5.81. The average Bonchev–Trinajstić information content (AvgIpc) is 2.23. The standard InChI is InChI=1S/C11H21NO3/c1-4-5-6-7-8-10(13)12(2)9-11(14)15-3/h4-9H2,1-3H3. The number of unbranched alkanes of at least 4 members (excludes halogenated alkanes) is 3. The van der Waals surface area contributed by atoms with E-state index in [1.807, 2.05) is 0 Å². The zero-order valence-electron chi connectivity index (χ0n) is 9.91. The Morgan fingerprint density at radius 3 is 2.40 bits per heavy atom. The van der Waals surface area contributed by atoms with Gasteiger partial charge in [-0.05, 0) is 6.42 Å². The highest BCUT2D eigenvalue weighted by atomic mass is 16.5. The molecule has 1 amide bonds. The van der Waals surface area contributed by atoms with E-state index in [9.17, 15) is 9.59 Å². The summed E-state index contributed by atoms with van der Waals surface area (Å²) in [7, 11) is 2.95. The normalized spacial score (nSPS) is 9.80. The van der Waals surface area contributed by atoms with E-state index in [2.05, 4.69) is 11.7 Å². The number of likely N-dealkylation sites (N-methyl/N-ethyl adjacent to an activating group) is 1. The molecule has 0 unspecified atom stereocenters. The van der Waals surface area contributed by atoms with Crippen molar-refractivity contribution in [3.05, 3.63) is 0 Å². The number of methoxy groups -OCH3 is 1. The van der Waals surface area contributed by atoms with Crippen molar-refractivity contribution in [2.24, 2.45) is 0 Å². The molecule has 0 aliphatic carbocycles. The Morgan fingerprint density at radius 1 is 1.20 bits per heavy atom. The van der Waals surface area contributed by atoms with Crippen molar-refractivity contribution in [3.8, 4) is 0 Å². The molecule has 0 N–H and O–H groups in total. The summed E-state index contributed by atoms with van der Waals surface area (Å²) < 4.78 is 4.48. The van der Waals surface area contributed by atoms with Gasteiger partial charge in [0.25, 0.3) is 0 Å². The van der Waals surface area contributed by atoms with Gasteiger partial charge in [-0.2, -0.15) is 0 Å². The Bertz CT molecular complexity index is 204. The maximum atomic E-state index is 11.5. The van der Waals surface area contributed by atoms with Crippen LogP contribution in [-0.4, -0.2) is 37.5 Å². The Hall–Kier alpha value is -1.06. The molecule has 15 heavy (non-hydrogen) atoms. The Kier molecular flexibility index (Phi) is 7.68. The van der Waals surface area contributed by atoms with Crippen LogP contribution in [0.4, 0.5) is 0 Å². The zero-order chi connectivity index (χ0) is 11.7. The summed E-state index contributed by atoms with van der Waals surface area (Å²) in [6.07, 6.45) is 4.82. The lowest BCUT2D eigenvalue weighted by molar-refractivity contribution is -0.146. The van der Waals surface area contributed by atoms with Crippen LogP contribution in [0.5, 0.6) is 0 Å². The third-order valence-electron chi connectivity index (χ3n) is 2.26. The minimum atomic E-state index is -0.376. The molecule has 0 bridgehead atoms. The van der Waals surface area contributed by atoms with Crippen LogP contribution in [0, 0.1) is 0 Å². The third kappa shape index (κ3) is 6.94. The maximum absolute atomic E-state index is 11.5. The highest BCUT2D eigenvalue weighted by Gasteiger charge is 2.12. The largest absolute Gasteiger partial charge is 0.468 e. The summed E-state index contributed by atoms with van der Waals surface area (Å²) >= 11 is 0. The molecule has 4 nitrogen and oxygen atoms in total. The van der Waals surface area contributed by atoms with Crippen LogP contribution in [0.25, 0.3) is 0 Å². The molecular formula is C11H21NO3. The molecule has 0 aliphatic heterocycles. The Balaban J connectivity index is 3.64. The van der Waals surface area contributed by atoms with Crippen LogP contribution in [0.3, 0.4) is 0 Å². The molecular weight excluding hydrogens is 194 g/mol. The number of hydrogen-bond acceptors (Lipinski definition) is 3. The first-order valence-corrected chi connectivity index (χ1v) is 5.42. The van der Waals surface area contributed by atoms with Crippen molar-refractivity contribution >= 4 is 11.9 Å². The van der Waals surface area contributed by atoms with Gasteiger partial charge in [0.15, 0.2) is 0 Å². The molecule has 0 fully saturated rings. The summed E-state index contributed by atoms with van der Waals surface area (Å²) in [5.41, 5.74) is 0. The zero-order valence-corrected chi connectivity index (χ0v) is 9.91. The second-order valence-corrected chi connectivity index (χ2v) is 3.64. The maximum Gasteiger partial charge on any atom is 0.325 e. The molecule has 0 atom stereocenters. The first-order valence-electron chi connectivity index (χ1n) is 5.42. The van der Waals surface area contributed by atoms with Gasteiger partial charge in [-0.25, -0.2) is 0 Å². The van der Waals surface area contributed by atoms with E-state index in [0.29, 0.717) is 6.42 Å². The molecule has 0 saturated heterocycles. The second kappa shape index (κ2) is 8.26. The summed E-state index contributed by atoms with van der Waals surface area (Å²) in [4.78, 5) is 23.8. The molecule has 4 heteroatoms. The van der Waals surface area contributed by atoms with E-state index in [-0.39, 0.29) is 18.4 Å². The van der Waals surface area contributed by atoms with Crippen LogP contribution >= 0.6 is 0 Å². The van der Waals surface area contributed by atoms with E-state index >= 15 is 0 Å². The summed E-state index contributed by atoms with van der Waals surface area (Å²) in [6.45, 7) is 2.17. The Morgan fingerprint density at radius 2 is 1.87 bits per heavy atom. The van der Waals surface area contributed by atoms with Gasteiger partial charge in [-0.3, -0.25) is 9.59 Å². The van der Waals surface area contributed by atoms with Crippen LogP contribution in [0.15, 0.2) is 0 Å². The monoisotopic (exact) mass is 215 g/mol. The minimum Gasteiger partial charge on any atom is -0.468 e. The van der Waals surface area contributed by atoms with Gasteiger partial charge in [0.1, 0.15) is 6.54 Å². The molecule has 0 aromatic rings. The minimum absolute atomic E-state index is 0.0107. The molecule has 0 radical (unpaired) electrons. The number of carbonyl (C=O) groups excluding carboxylic acids is 2. The predicted molar refractivity (Wildman–Crippen MR) is 58.4 cm³/mol. The molecule has 0 rings (SSSR count). The number of esters is 1. The van der Waals surface area contributed by atoms with Gasteiger partial charge >= 0.3 is 5.97 Å². The van der Waals surface area contributed by atoms with Crippen LogP contribution in [0.2, 0.25) is 0 Å². The van der Waals surface area contributed by atoms with Crippen molar-refractivity contribution in [2.45, 2.75) is 39.0 Å². The third-order valence-corrected chi connectivity index (χ3v) is 2.26. The van der Waals surface area contributed by atoms with Crippen molar-refractivity contribution in [1.82, 2.24) is 4.90 Å². The van der Waals surface area contributed by atoms with Crippen LogP contribution in [-0.2, 0) is 14.3 Å². The van der Waals surface area contributed by atoms with E-state index in [0.717, 1.165) is 25.7 Å². The van der Waals surface area contributed by atoms with Gasteiger partial charge in [0.05, 0.1) is 7.11 Å². The van der Waals surface area contributed by atoms with E-state index in [1.54, 1.807) is 7.05 Å². The smallest absolute Gasteiger partial charge is 0.325 e. The lowest BCUT2D eigenvalue weighted by Gasteiger charge is -2.15. The number of hydrogen-bond donors (Lipinski definition) is 0. The Labute approximate surface area is 91.6 Å². The van der Waals surface area contributed by atoms with Crippen molar-refractivity contribution in [3.63, 3.8) is 0 Å². The topological polar surface area (TPSA) is 46.6 Å². The van der Waals surface area contributed by atoms with Gasteiger partial charge in [-0.1, -0.05) is 26.2 Å². The molecule has 0 aromatic heterocycles. The number of nitrogens with zero attached hydrogens (tertiary/aromatic N) is 1. The second-order valence-electron chi connectivity index (χ2n) is 3.64. The fourth-order valence-corrected chi connectivity index (χ4v) is 1.24. The fraction of sp³-hybridized carbons (Fsp3) is 0.818. The van der Waals surface area contributed by atoms with Crippen molar-refractivity contribution < 1.29 is 14.3 Å². The first-order chi connectivity index (χ1) is 7.11. The van der Waals surface area contributed by atoms with Crippen molar-refractivity contribution in [1.29, 1.82) is 0 Å². The van der Waals surface area contributed by atoms with Gasteiger partial charge in [0.2, 0.25) is 5.91 Å². The molecule has 0 spiro atoms. The molecule has 0 heterocycles. The van der Waals surface area contributed by atoms with Crippen LogP contribution in [0.1, 0.15) is 39.0 Å². The molecule has 0 aromatic carbocycles. The molecule has 0 saturated carbocycles. The number of carbonyl (C=O) groups is 2. The van der Waals surface area contributed by atoms with Gasteiger partial charge in [-0.15, -0.1) is 0 Å². The van der Waals surface area contributed by atoms with Crippen LogP contribution < -0.4 is 0 Å². The molecule has 88 valence electrons. The number of ether oxygens (including phenoxy) is 1. The van der Waals surface area contributed by atoms with Crippen molar-refractivity contribution in [2.75, 3.05) is 20.7 Å². The van der Waals surface area contributed by atoms with Gasteiger partial charge < -0.3 is 9.64 Å². The lowest BCUT2D eigenvalue weighted by atomic mass is 10.1. The predicted octanol–water partition coefficient (Wildman–Crippen LogP) is 1.59. The molecule has 0 aliphatic rings. The first kappa shape index (κ1) is 13.9. The fourth-order valence-electron chi connectivity index (χ4n) is 1.24. The summed E-state index contributed by atoms with van der Waals surface area (Å²) in [5, 5.41) is 0. The quantitative estimate of drug-likeness (QED) is 0.478. The average molecular weight is 215 g/mol. The van der Waals surface area contributed by atoms with E-state index in [4.69, 9.17) is 0 Å². The number of amides is 1. The van der Waals surface area contributed by atoms with E-state index in [1.165, 1.54) is 12.0 Å². The summed E-state index contributed by atoms with van der Waals surface area (Å²) in [5.74, 6) is -0.365. The SMILES string of the molecule is CCCCCCC(=O)N(C)CC(=O)OC. The van der Waals surface area contributed by atoms with Gasteiger partial charge in [0, 0.05) is 13.5 Å². The lowest BCUT2D eigenvalue weighted by Crippen LogP contribution is -2.32. The summed E-state index contributed by atoms with van der Waals surface area (Å²) in [6, 6.07) is 0. The number of rotatable bonds is 7. The highest BCUT2D eigenvalue weighted by Crippen LogP contribution is 2.04.